The van der Waals surface area contributed by atoms with Gasteiger partial charge in [-0.05, 0) is 17.9 Å². The van der Waals surface area contributed by atoms with Crippen molar-refractivity contribution in [2.75, 3.05) is 13.1 Å². The molecule has 3 rings (SSSR count). The molecule has 0 spiro atoms. The van der Waals surface area contributed by atoms with Gasteiger partial charge in [0.15, 0.2) is 5.69 Å². The highest BCUT2D eigenvalue weighted by Gasteiger charge is 2.27. The Morgan fingerprint density at radius 2 is 2.00 bits per heavy atom. The van der Waals surface area contributed by atoms with E-state index in [0.29, 0.717) is 43.5 Å². The Balaban J connectivity index is 1.67. The number of nitrogens with one attached hydrogen (secondary N) is 1. The van der Waals surface area contributed by atoms with Crippen molar-refractivity contribution < 1.29 is 9.59 Å². The molecule has 6 heteroatoms. The number of fused-ring (bicyclic) bond motifs is 1. The summed E-state index contributed by atoms with van der Waals surface area (Å²) >= 11 is 0. The first-order valence-electron chi connectivity index (χ1n) is 8.74. The molecule has 0 unspecified atom stereocenters. The van der Waals surface area contributed by atoms with E-state index in [1.807, 2.05) is 30.3 Å². The highest BCUT2D eigenvalue weighted by molar-refractivity contribution is 5.98. The molecule has 132 valence electrons. The number of carbonyl (C=O) groups excluding carboxylic acids is 2. The third kappa shape index (κ3) is 4.07. The Labute approximate surface area is 147 Å². The van der Waals surface area contributed by atoms with Crippen LogP contribution in [-0.2, 0) is 13.1 Å². The van der Waals surface area contributed by atoms with Crippen LogP contribution in [0.2, 0.25) is 0 Å². The molecule has 2 aromatic rings. The second-order valence-corrected chi connectivity index (χ2v) is 6.79. The average molecular weight is 340 g/mol. The molecule has 0 fully saturated rings. The second-order valence-electron chi connectivity index (χ2n) is 6.79. The van der Waals surface area contributed by atoms with Gasteiger partial charge in [0, 0.05) is 25.7 Å². The van der Waals surface area contributed by atoms with E-state index in [1.165, 1.54) is 0 Å². The molecule has 1 aliphatic heterocycles. The van der Waals surface area contributed by atoms with E-state index >= 15 is 0 Å². The summed E-state index contributed by atoms with van der Waals surface area (Å²) < 4.78 is 1.64. The van der Waals surface area contributed by atoms with Crippen LogP contribution in [0.25, 0.3) is 0 Å². The van der Waals surface area contributed by atoms with Gasteiger partial charge in [-0.1, -0.05) is 44.2 Å². The maximum absolute atomic E-state index is 12.7. The van der Waals surface area contributed by atoms with Crippen LogP contribution in [0, 0.1) is 5.92 Å². The number of amides is 2. The van der Waals surface area contributed by atoms with Gasteiger partial charge in [0.25, 0.3) is 11.8 Å². The van der Waals surface area contributed by atoms with Crippen LogP contribution in [0.5, 0.6) is 0 Å². The summed E-state index contributed by atoms with van der Waals surface area (Å²) in [6.07, 6.45) is 0.920. The fourth-order valence-electron chi connectivity index (χ4n) is 2.87. The van der Waals surface area contributed by atoms with Gasteiger partial charge in [-0.2, -0.15) is 5.10 Å². The molecule has 2 heterocycles. The zero-order chi connectivity index (χ0) is 17.8. The topological polar surface area (TPSA) is 67.2 Å². The lowest BCUT2D eigenvalue weighted by molar-refractivity contribution is 0.0683. The fourth-order valence-corrected chi connectivity index (χ4v) is 2.87. The Kier molecular flexibility index (Phi) is 5.16. The fraction of sp³-hybridized carbons (Fsp3) is 0.421. The van der Waals surface area contributed by atoms with Gasteiger partial charge < -0.3 is 10.2 Å². The zero-order valence-corrected chi connectivity index (χ0v) is 14.7. The largest absolute Gasteiger partial charge is 0.351 e. The Bertz CT molecular complexity index is 752. The summed E-state index contributed by atoms with van der Waals surface area (Å²) in [6, 6.07) is 11.5. The quantitative estimate of drug-likeness (QED) is 0.877. The van der Waals surface area contributed by atoms with Gasteiger partial charge in [0.1, 0.15) is 5.69 Å². The molecule has 0 radical (unpaired) electrons. The molecule has 1 aromatic carbocycles. The van der Waals surface area contributed by atoms with Crippen molar-refractivity contribution in [1.82, 2.24) is 20.0 Å². The molecule has 2 amide bonds. The molecule has 0 saturated carbocycles. The summed E-state index contributed by atoms with van der Waals surface area (Å²) in [4.78, 5) is 26.7. The van der Waals surface area contributed by atoms with E-state index in [9.17, 15) is 9.59 Å². The summed E-state index contributed by atoms with van der Waals surface area (Å²) in [6.45, 7) is 6.61. The third-order valence-electron chi connectivity index (χ3n) is 4.32. The van der Waals surface area contributed by atoms with Crippen molar-refractivity contribution in [1.29, 1.82) is 0 Å². The monoisotopic (exact) mass is 340 g/mol. The first kappa shape index (κ1) is 17.2. The normalized spacial score (nSPS) is 13.9. The number of carbonyl (C=O) groups is 2. The third-order valence-corrected chi connectivity index (χ3v) is 4.32. The Morgan fingerprint density at radius 3 is 2.72 bits per heavy atom. The lowest BCUT2D eigenvalue weighted by atomic mass is 10.1. The van der Waals surface area contributed by atoms with Gasteiger partial charge in [0.05, 0.1) is 6.54 Å². The van der Waals surface area contributed by atoms with Crippen molar-refractivity contribution in [3.8, 4) is 0 Å². The first-order chi connectivity index (χ1) is 12.0. The van der Waals surface area contributed by atoms with Crippen LogP contribution in [0.3, 0.4) is 0 Å². The van der Waals surface area contributed by atoms with Crippen LogP contribution in [-0.4, -0.2) is 39.6 Å². The second kappa shape index (κ2) is 7.51. The maximum Gasteiger partial charge on any atom is 0.272 e. The molecule has 0 atom stereocenters. The van der Waals surface area contributed by atoms with Crippen LogP contribution in [0.1, 0.15) is 46.8 Å². The zero-order valence-electron chi connectivity index (χ0n) is 14.7. The number of nitrogens with zero attached hydrogens (tertiary/aromatic N) is 3. The minimum atomic E-state index is -0.218. The highest BCUT2D eigenvalue weighted by Crippen LogP contribution is 2.16. The van der Waals surface area contributed by atoms with Gasteiger partial charge in [-0.3, -0.25) is 14.3 Å². The standard InChI is InChI=1S/C19H24N4O2/c1-14(2)8-9-20-18(24)16-12-17-19(25)22(10-11-23(17)21-16)13-15-6-4-3-5-7-15/h3-7,12,14H,8-11,13H2,1-2H3,(H,20,24). The molecular formula is C19H24N4O2. The molecule has 0 aliphatic carbocycles. The predicted octanol–water partition coefficient (Wildman–Crippen LogP) is 2.32. The van der Waals surface area contributed by atoms with Gasteiger partial charge in [0.2, 0.25) is 0 Å². The minimum absolute atomic E-state index is 0.0798. The van der Waals surface area contributed by atoms with Crippen molar-refractivity contribution in [3.63, 3.8) is 0 Å². The lowest BCUT2D eigenvalue weighted by Gasteiger charge is -2.27. The molecule has 6 nitrogen and oxygen atoms in total. The van der Waals surface area contributed by atoms with E-state index in [1.54, 1.807) is 15.6 Å². The predicted molar refractivity (Wildman–Crippen MR) is 95.2 cm³/mol. The number of aromatic nitrogens is 2. The number of benzene rings is 1. The number of hydrogen-bond donors (Lipinski definition) is 1. The van der Waals surface area contributed by atoms with E-state index < -0.39 is 0 Å². The SMILES string of the molecule is CC(C)CCNC(=O)c1cc2n(n1)CCN(Cc1ccccc1)C2=O. The summed E-state index contributed by atoms with van der Waals surface area (Å²) in [5.41, 5.74) is 1.89. The highest BCUT2D eigenvalue weighted by atomic mass is 16.2. The van der Waals surface area contributed by atoms with Gasteiger partial charge >= 0.3 is 0 Å². The smallest absolute Gasteiger partial charge is 0.272 e. The molecule has 1 aliphatic rings. The molecule has 0 saturated heterocycles. The molecule has 1 aromatic heterocycles. The van der Waals surface area contributed by atoms with Gasteiger partial charge in [-0.25, -0.2) is 0 Å². The minimum Gasteiger partial charge on any atom is -0.351 e. The lowest BCUT2D eigenvalue weighted by Crippen LogP contribution is -2.39. The summed E-state index contributed by atoms with van der Waals surface area (Å²) in [5, 5.41) is 7.16. The molecule has 0 bridgehead atoms. The number of rotatable bonds is 6. The molecule has 25 heavy (non-hydrogen) atoms. The number of hydrogen-bond acceptors (Lipinski definition) is 3. The van der Waals surface area contributed by atoms with Crippen molar-refractivity contribution >= 4 is 11.8 Å². The van der Waals surface area contributed by atoms with Crippen molar-refractivity contribution in [2.45, 2.75) is 33.4 Å². The molecular weight excluding hydrogens is 316 g/mol. The summed E-state index contributed by atoms with van der Waals surface area (Å²) in [5.74, 6) is 0.234. The van der Waals surface area contributed by atoms with Crippen molar-refractivity contribution in [3.05, 3.63) is 53.3 Å². The van der Waals surface area contributed by atoms with Gasteiger partial charge in [-0.15, -0.1) is 0 Å². The van der Waals surface area contributed by atoms with E-state index in [4.69, 9.17) is 0 Å². The van der Waals surface area contributed by atoms with Crippen LogP contribution < -0.4 is 5.32 Å². The first-order valence-corrected chi connectivity index (χ1v) is 8.74. The van der Waals surface area contributed by atoms with E-state index in [0.717, 1.165) is 12.0 Å². The average Bonchev–Trinajstić information content (AvgIpc) is 3.03. The Hall–Kier alpha value is -2.63. The Morgan fingerprint density at radius 1 is 1.24 bits per heavy atom. The van der Waals surface area contributed by atoms with Crippen molar-refractivity contribution in [2.24, 2.45) is 5.92 Å². The maximum atomic E-state index is 12.7. The van der Waals surface area contributed by atoms with E-state index in [2.05, 4.69) is 24.3 Å². The van der Waals surface area contributed by atoms with Crippen LogP contribution in [0.15, 0.2) is 36.4 Å². The summed E-state index contributed by atoms with van der Waals surface area (Å²) in [7, 11) is 0. The van der Waals surface area contributed by atoms with E-state index in [-0.39, 0.29) is 11.8 Å². The van der Waals surface area contributed by atoms with Crippen LogP contribution in [0.4, 0.5) is 0 Å². The van der Waals surface area contributed by atoms with Crippen LogP contribution >= 0.6 is 0 Å². The molecule has 1 N–H and O–H groups in total.